The molecule has 0 saturated heterocycles. The molecule has 5 nitrogen and oxygen atoms in total. The monoisotopic (exact) mass is 550 g/mol. The van der Waals surface area contributed by atoms with Crippen LogP contribution < -0.4 is 5.32 Å². The number of nitrogens with one attached hydrogen (secondary N) is 1. The number of amides is 1. The molecule has 0 atom stereocenters. The van der Waals surface area contributed by atoms with Crippen LogP contribution in [0.2, 0.25) is 0 Å². The molecule has 5 rings (SSSR count). The van der Waals surface area contributed by atoms with Gasteiger partial charge in [-0.3, -0.25) is 14.7 Å². The normalized spacial score (nSPS) is 11.2. The molecule has 40 heavy (non-hydrogen) atoms. The summed E-state index contributed by atoms with van der Waals surface area (Å²) in [5.41, 5.74) is 4.78. The van der Waals surface area contributed by atoms with Gasteiger partial charge in [0.05, 0.1) is 18.8 Å². The first-order valence-corrected chi connectivity index (χ1v) is 14.2. The van der Waals surface area contributed by atoms with E-state index in [4.69, 9.17) is 0 Å². The van der Waals surface area contributed by atoms with E-state index in [2.05, 4.69) is 68.7 Å². The van der Waals surface area contributed by atoms with E-state index in [0.29, 0.717) is 25.3 Å². The lowest BCUT2D eigenvalue weighted by molar-refractivity contribution is 0.0945. The van der Waals surface area contributed by atoms with Gasteiger partial charge in [-0.25, -0.2) is 9.37 Å². The number of carbonyl (C=O) groups is 1. The number of halogens is 1. The van der Waals surface area contributed by atoms with Crippen molar-refractivity contribution in [2.45, 2.75) is 32.0 Å². The molecule has 0 unspecified atom stereocenters. The Balaban J connectivity index is 1.30. The van der Waals surface area contributed by atoms with Gasteiger partial charge in [-0.2, -0.15) is 0 Å². The standard InChI is InChI=1S/C33H31FN4OS/c34-28-16-14-25(15-17-28)22-38(20-18-30(26-9-3-1-4-10-26)27-11-5-2-6-12-27)23-32-37-31(24-40-32)33(39)36-21-29-13-7-8-19-35-29/h1-17,19,24,30H,18,20-23H2,(H,36,39). The maximum Gasteiger partial charge on any atom is 0.271 e. The molecule has 0 radical (unpaired) electrons. The van der Waals surface area contributed by atoms with Crippen molar-refractivity contribution in [2.75, 3.05) is 6.54 Å². The molecule has 2 heterocycles. The molecule has 0 aliphatic heterocycles. The molecule has 0 aliphatic rings. The van der Waals surface area contributed by atoms with Crippen LogP contribution in [-0.2, 0) is 19.6 Å². The van der Waals surface area contributed by atoms with Crippen molar-refractivity contribution in [3.8, 4) is 0 Å². The molecule has 1 amide bonds. The van der Waals surface area contributed by atoms with Gasteiger partial charge >= 0.3 is 0 Å². The van der Waals surface area contributed by atoms with Crippen LogP contribution in [0.5, 0.6) is 0 Å². The van der Waals surface area contributed by atoms with Gasteiger partial charge in [-0.15, -0.1) is 11.3 Å². The summed E-state index contributed by atoms with van der Waals surface area (Å²) >= 11 is 1.48. The minimum atomic E-state index is -0.246. The second-order valence-electron chi connectivity index (χ2n) is 9.63. The van der Waals surface area contributed by atoms with E-state index < -0.39 is 0 Å². The molecule has 3 aromatic carbocycles. The Labute approximate surface area is 238 Å². The first-order chi connectivity index (χ1) is 19.6. The molecule has 202 valence electrons. The molecule has 0 fully saturated rings. The maximum atomic E-state index is 13.6. The largest absolute Gasteiger partial charge is 0.345 e. The van der Waals surface area contributed by atoms with E-state index in [1.165, 1.54) is 34.6 Å². The highest BCUT2D eigenvalue weighted by Gasteiger charge is 2.18. The second-order valence-corrected chi connectivity index (χ2v) is 10.6. The Kier molecular flexibility index (Phi) is 9.40. The number of carbonyl (C=O) groups excluding carboxylic acids is 1. The number of rotatable bonds is 12. The lowest BCUT2D eigenvalue weighted by Gasteiger charge is -2.25. The number of aromatic nitrogens is 2. The number of nitrogens with zero attached hydrogens (tertiary/aromatic N) is 3. The molecular weight excluding hydrogens is 519 g/mol. The van der Waals surface area contributed by atoms with Gasteiger partial charge in [0, 0.05) is 24.0 Å². The topological polar surface area (TPSA) is 58.1 Å². The van der Waals surface area contributed by atoms with Crippen LogP contribution in [0.4, 0.5) is 4.39 Å². The number of hydrogen-bond acceptors (Lipinski definition) is 5. The van der Waals surface area contributed by atoms with Gasteiger partial charge in [-0.05, 0) is 53.9 Å². The lowest BCUT2D eigenvalue weighted by Crippen LogP contribution is -2.26. The van der Waals surface area contributed by atoms with E-state index in [1.807, 2.05) is 42.5 Å². The van der Waals surface area contributed by atoms with E-state index >= 15 is 0 Å². The highest BCUT2D eigenvalue weighted by molar-refractivity contribution is 7.09. The van der Waals surface area contributed by atoms with Crippen LogP contribution in [0.3, 0.4) is 0 Å². The van der Waals surface area contributed by atoms with Crippen molar-refractivity contribution in [3.05, 3.63) is 154 Å². The van der Waals surface area contributed by atoms with Crippen molar-refractivity contribution < 1.29 is 9.18 Å². The summed E-state index contributed by atoms with van der Waals surface area (Å²) in [6.07, 6.45) is 2.61. The minimum Gasteiger partial charge on any atom is -0.345 e. The molecular formula is C33H31FN4OS. The zero-order valence-electron chi connectivity index (χ0n) is 22.1. The fourth-order valence-electron chi connectivity index (χ4n) is 4.71. The molecule has 0 saturated carbocycles. The Morgan fingerprint density at radius 1 is 0.850 bits per heavy atom. The van der Waals surface area contributed by atoms with Crippen LogP contribution in [0, 0.1) is 5.82 Å². The summed E-state index contributed by atoms with van der Waals surface area (Å²) in [7, 11) is 0. The Morgan fingerprint density at radius 2 is 1.52 bits per heavy atom. The van der Waals surface area contributed by atoms with Crippen molar-refractivity contribution in [1.82, 2.24) is 20.2 Å². The van der Waals surface area contributed by atoms with Gasteiger partial charge < -0.3 is 5.32 Å². The zero-order valence-corrected chi connectivity index (χ0v) is 22.9. The third-order valence-corrected chi connectivity index (χ3v) is 7.59. The van der Waals surface area contributed by atoms with Crippen LogP contribution in [0.25, 0.3) is 0 Å². The zero-order chi connectivity index (χ0) is 27.6. The predicted octanol–water partition coefficient (Wildman–Crippen LogP) is 6.83. The van der Waals surface area contributed by atoms with Crippen LogP contribution in [0.1, 0.15) is 50.2 Å². The Hall–Kier alpha value is -4.20. The highest BCUT2D eigenvalue weighted by atomic mass is 32.1. The first-order valence-electron chi connectivity index (χ1n) is 13.3. The fraction of sp³-hybridized carbons (Fsp3) is 0.182. The van der Waals surface area contributed by atoms with E-state index in [1.54, 1.807) is 11.6 Å². The molecule has 2 aromatic heterocycles. The second kappa shape index (κ2) is 13.7. The fourth-order valence-corrected chi connectivity index (χ4v) is 5.53. The van der Waals surface area contributed by atoms with Crippen molar-refractivity contribution >= 4 is 17.2 Å². The summed E-state index contributed by atoms with van der Waals surface area (Å²) in [5, 5.41) is 5.56. The Bertz CT molecular complexity index is 1440. The van der Waals surface area contributed by atoms with Gasteiger partial charge in [0.15, 0.2) is 0 Å². The van der Waals surface area contributed by atoms with E-state index in [-0.39, 0.29) is 17.6 Å². The van der Waals surface area contributed by atoms with E-state index in [0.717, 1.165) is 29.2 Å². The highest BCUT2D eigenvalue weighted by Crippen LogP contribution is 2.29. The molecule has 0 spiro atoms. The summed E-state index contributed by atoms with van der Waals surface area (Å²) < 4.78 is 13.6. The summed E-state index contributed by atoms with van der Waals surface area (Å²) in [4.78, 5) is 23.9. The van der Waals surface area contributed by atoms with E-state index in [9.17, 15) is 9.18 Å². The number of thiazole rings is 1. The van der Waals surface area contributed by atoms with Gasteiger partial charge in [0.25, 0.3) is 5.91 Å². The average Bonchev–Trinajstić information content (AvgIpc) is 3.47. The summed E-state index contributed by atoms with van der Waals surface area (Å²) in [6.45, 7) is 2.39. The van der Waals surface area contributed by atoms with Crippen molar-refractivity contribution in [3.63, 3.8) is 0 Å². The van der Waals surface area contributed by atoms with Crippen molar-refractivity contribution in [1.29, 1.82) is 0 Å². The van der Waals surface area contributed by atoms with Crippen LogP contribution >= 0.6 is 11.3 Å². The molecule has 0 bridgehead atoms. The third kappa shape index (κ3) is 7.68. The first kappa shape index (κ1) is 27.4. The van der Waals surface area contributed by atoms with Gasteiger partial charge in [0.1, 0.15) is 16.5 Å². The molecule has 5 aromatic rings. The molecule has 7 heteroatoms. The van der Waals surface area contributed by atoms with Crippen LogP contribution in [0.15, 0.2) is 115 Å². The smallest absolute Gasteiger partial charge is 0.271 e. The molecule has 0 aliphatic carbocycles. The van der Waals surface area contributed by atoms with Gasteiger partial charge in [-0.1, -0.05) is 78.9 Å². The average molecular weight is 551 g/mol. The minimum absolute atomic E-state index is 0.216. The number of benzene rings is 3. The third-order valence-electron chi connectivity index (χ3n) is 6.76. The predicted molar refractivity (Wildman–Crippen MR) is 157 cm³/mol. The number of pyridine rings is 1. The lowest BCUT2D eigenvalue weighted by atomic mass is 9.88. The summed E-state index contributed by atoms with van der Waals surface area (Å²) in [6, 6.07) is 33.4. The van der Waals surface area contributed by atoms with Gasteiger partial charge in [0.2, 0.25) is 0 Å². The SMILES string of the molecule is O=C(NCc1ccccn1)c1csc(CN(CCC(c2ccccc2)c2ccccc2)Cc2ccc(F)cc2)n1. The van der Waals surface area contributed by atoms with Crippen molar-refractivity contribution in [2.24, 2.45) is 0 Å². The summed E-state index contributed by atoms with van der Waals surface area (Å²) in [5.74, 6) is -0.224. The quantitative estimate of drug-likeness (QED) is 0.185. The Morgan fingerprint density at radius 3 is 2.17 bits per heavy atom. The maximum absolute atomic E-state index is 13.6. The number of hydrogen-bond donors (Lipinski definition) is 1. The molecule has 1 N–H and O–H groups in total. The van der Waals surface area contributed by atoms with Crippen LogP contribution in [-0.4, -0.2) is 27.3 Å².